The quantitative estimate of drug-likeness (QED) is 0.461. The Labute approximate surface area is 216 Å². The van der Waals surface area contributed by atoms with Gasteiger partial charge >= 0.3 is 12.2 Å². The maximum Gasteiger partial charge on any atom is 0.429 e. The van der Waals surface area contributed by atoms with E-state index in [1.807, 2.05) is 84.9 Å². The fourth-order valence-corrected chi connectivity index (χ4v) is 5.00. The molecule has 0 unspecified atom stereocenters. The predicted octanol–water partition coefficient (Wildman–Crippen LogP) is 4.84. The summed E-state index contributed by atoms with van der Waals surface area (Å²) in [4.78, 5) is 28.9. The second kappa shape index (κ2) is 11.3. The van der Waals surface area contributed by atoms with Gasteiger partial charge in [0.1, 0.15) is 19.0 Å². The third-order valence-electron chi connectivity index (χ3n) is 6.76. The number of ether oxygens (including phenoxy) is 3. The lowest BCUT2D eigenvalue weighted by molar-refractivity contribution is -0.0199. The number of rotatable bonds is 7. The smallest absolute Gasteiger partial charge is 0.429 e. The summed E-state index contributed by atoms with van der Waals surface area (Å²) in [6, 6.07) is 26.6. The Hall–Kier alpha value is -4.04. The number of fused-ring (bicyclic) bond motifs is 2. The first kappa shape index (κ1) is 24.6. The second-order valence-corrected chi connectivity index (χ2v) is 9.36. The van der Waals surface area contributed by atoms with Gasteiger partial charge < -0.3 is 14.2 Å². The second-order valence-electron chi connectivity index (χ2n) is 9.36. The largest absolute Gasteiger partial charge is 0.497 e. The summed E-state index contributed by atoms with van der Waals surface area (Å²) in [7, 11) is 1.65. The molecule has 2 saturated heterocycles. The zero-order valence-corrected chi connectivity index (χ0v) is 20.9. The highest BCUT2D eigenvalue weighted by molar-refractivity contribution is 5.76. The number of amides is 2. The molecule has 0 N–H and O–H groups in total. The van der Waals surface area contributed by atoms with Gasteiger partial charge in [-0.25, -0.2) is 19.6 Å². The van der Waals surface area contributed by atoms with Crippen LogP contribution in [0, 0.1) is 0 Å². The van der Waals surface area contributed by atoms with Crippen LogP contribution in [-0.4, -0.2) is 59.4 Å². The van der Waals surface area contributed by atoms with Crippen LogP contribution in [-0.2, 0) is 29.2 Å². The first-order valence-corrected chi connectivity index (χ1v) is 12.5. The van der Waals surface area contributed by atoms with Gasteiger partial charge in [-0.15, -0.1) is 0 Å². The number of carbonyl (C=O) groups is 2. The maximum absolute atomic E-state index is 13.3. The monoisotopic (exact) mass is 501 g/mol. The van der Waals surface area contributed by atoms with Crippen LogP contribution in [0.25, 0.3) is 0 Å². The number of hydrogen-bond donors (Lipinski definition) is 0. The van der Waals surface area contributed by atoms with Crippen LogP contribution in [0.4, 0.5) is 9.59 Å². The summed E-state index contributed by atoms with van der Waals surface area (Å²) in [6.07, 6.45) is -0.404. The Balaban J connectivity index is 1.30. The van der Waals surface area contributed by atoms with Gasteiger partial charge in [0.15, 0.2) is 0 Å². The first-order chi connectivity index (χ1) is 18.1. The Morgan fingerprint density at radius 1 is 0.703 bits per heavy atom. The third-order valence-corrected chi connectivity index (χ3v) is 6.76. The lowest BCUT2D eigenvalue weighted by Crippen LogP contribution is -2.50. The molecule has 2 heterocycles. The van der Waals surface area contributed by atoms with Crippen LogP contribution in [0.5, 0.6) is 5.75 Å². The van der Waals surface area contributed by atoms with Gasteiger partial charge in [-0.1, -0.05) is 72.8 Å². The number of hydrogen-bond acceptors (Lipinski definition) is 6. The van der Waals surface area contributed by atoms with E-state index in [0.717, 1.165) is 22.4 Å². The molecule has 5 rings (SSSR count). The highest BCUT2D eigenvalue weighted by Gasteiger charge is 2.50. The van der Waals surface area contributed by atoms with E-state index in [0.29, 0.717) is 26.1 Å². The number of piperidine rings is 1. The molecule has 3 aromatic rings. The average Bonchev–Trinajstić information content (AvgIpc) is 3.21. The summed E-state index contributed by atoms with van der Waals surface area (Å²) in [5.74, 6) is 0.808. The molecule has 0 spiro atoms. The molecule has 8 nitrogen and oxygen atoms in total. The van der Waals surface area contributed by atoms with Crippen LogP contribution in [0.1, 0.15) is 23.1 Å². The van der Waals surface area contributed by atoms with Gasteiger partial charge in [-0.05, 0) is 35.2 Å². The molecule has 2 atom stereocenters. The van der Waals surface area contributed by atoms with Crippen molar-refractivity contribution in [3.8, 4) is 5.75 Å². The van der Waals surface area contributed by atoms with Gasteiger partial charge in [0, 0.05) is 19.6 Å². The Kier molecular flexibility index (Phi) is 7.56. The van der Waals surface area contributed by atoms with Crippen LogP contribution < -0.4 is 4.74 Å². The lowest BCUT2D eigenvalue weighted by Gasteiger charge is -2.30. The Morgan fingerprint density at radius 3 is 1.65 bits per heavy atom. The van der Waals surface area contributed by atoms with E-state index in [2.05, 4.69) is 4.90 Å². The van der Waals surface area contributed by atoms with E-state index in [1.54, 1.807) is 7.11 Å². The van der Waals surface area contributed by atoms with Crippen molar-refractivity contribution in [1.29, 1.82) is 0 Å². The van der Waals surface area contributed by atoms with Crippen molar-refractivity contribution >= 4 is 12.2 Å². The molecule has 37 heavy (non-hydrogen) atoms. The lowest BCUT2D eigenvalue weighted by atomic mass is 10.0. The minimum atomic E-state index is -0.542. The molecule has 3 aromatic carbocycles. The summed E-state index contributed by atoms with van der Waals surface area (Å²) in [6.45, 7) is 2.24. The van der Waals surface area contributed by atoms with Crippen molar-refractivity contribution in [2.45, 2.75) is 38.3 Å². The summed E-state index contributed by atoms with van der Waals surface area (Å²) in [5, 5.41) is 2.93. The molecule has 0 saturated carbocycles. The average molecular weight is 502 g/mol. The topological polar surface area (TPSA) is 71.6 Å². The molecule has 0 radical (unpaired) electrons. The number of methoxy groups -OCH3 is 1. The molecule has 2 amide bonds. The van der Waals surface area contributed by atoms with Gasteiger partial charge in [0.05, 0.1) is 19.2 Å². The Bertz CT molecular complexity index is 1120. The van der Waals surface area contributed by atoms with E-state index < -0.39 is 12.2 Å². The number of hydrazine groups is 1. The first-order valence-electron chi connectivity index (χ1n) is 12.5. The molecule has 0 aliphatic carbocycles. The van der Waals surface area contributed by atoms with Gasteiger partial charge in [-0.2, -0.15) is 0 Å². The van der Waals surface area contributed by atoms with Gasteiger partial charge in [-0.3, -0.25) is 4.90 Å². The van der Waals surface area contributed by atoms with Gasteiger partial charge in [0.25, 0.3) is 0 Å². The molecule has 2 bridgehead atoms. The summed E-state index contributed by atoms with van der Waals surface area (Å²) in [5.41, 5.74) is 2.91. The van der Waals surface area contributed by atoms with Crippen LogP contribution >= 0.6 is 0 Å². The zero-order valence-electron chi connectivity index (χ0n) is 20.9. The minimum absolute atomic E-state index is 0.135. The van der Waals surface area contributed by atoms with Crippen molar-refractivity contribution in [3.63, 3.8) is 0 Å². The highest BCUT2D eigenvalue weighted by atomic mass is 16.6. The van der Waals surface area contributed by atoms with Crippen LogP contribution in [0.2, 0.25) is 0 Å². The fourth-order valence-electron chi connectivity index (χ4n) is 5.00. The van der Waals surface area contributed by atoms with E-state index in [9.17, 15) is 9.59 Å². The molecule has 0 aromatic heterocycles. The van der Waals surface area contributed by atoms with Crippen LogP contribution in [0.3, 0.4) is 0 Å². The molecule has 2 fully saturated rings. The summed E-state index contributed by atoms with van der Waals surface area (Å²) < 4.78 is 16.6. The molecule has 192 valence electrons. The normalized spacial score (nSPS) is 18.9. The number of nitrogens with zero attached hydrogens (tertiary/aromatic N) is 3. The predicted molar refractivity (Wildman–Crippen MR) is 137 cm³/mol. The van der Waals surface area contributed by atoms with E-state index in [1.165, 1.54) is 10.0 Å². The molecule has 8 heteroatoms. The number of benzene rings is 3. The summed E-state index contributed by atoms with van der Waals surface area (Å²) >= 11 is 0. The van der Waals surface area contributed by atoms with Crippen LogP contribution in [0.15, 0.2) is 84.9 Å². The maximum atomic E-state index is 13.3. The standard InChI is InChI=1S/C29H31N3O5/c1-35-27-14-12-22(13-15-27)17-30-18-25-16-26(19-30)32(29(34)37-21-24-10-6-3-7-11-24)31(25)28(33)36-20-23-8-4-2-5-9-23/h2-15,25-26H,16-21H2,1H3/t25-,26+. The number of likely N-dealkylation sites (tertiary alicyclic amines) is 1. The van der Waals surface area contributed by atoms with Crippen molar-refractivity contribution < 1.29 is 23.8 Å². The van der Waals surface area contributed by atoms with E-state index in [4.69, 9.17) is 14.2 Å². The zero-order chi connectivity index (χ0) is 25.6. The van der Waals surface area contributed by atoms with Crippen molar-refractivity contribution in [1.82, 2.24) is 14.9 Å². The van der Waals surface area contributed by atoms with Crippen molar-refractivity contribution in [2.24, 2.45) is 0 Å². The molecular formula is C29H31N3O5. The SMILES string of the molecule is COc1ccc(CN2C[C@H]3C[C@@H](C2)N(C(=O)OCc2ccccc2)N3C(=O)OCc2ccccc2)cc1. The van der Waals surface area contributed by atoms with E-state index in [-0.39, 0.29) is 25.3 Å². The van der Waals surface area contributed by atoms with Crippen molar-refractivity contribution in [3.05, 3.63) is 102 Å². The number of carbonyl (C=O) groups excluding carboxylic acids is 2. The Morgan fingerprint density at radius 2 is 1.19 bits per heavy atom. The molecule has 2 aliphatic rings. The minimum Gasteiger partial charge on any atom is -0.497 e. The molecule has 2 aliphatic heterocycles. The van der Waals surface area contributed by atoms with E-state index >= 15 is 0 Å². The fraction of sp³-hybridized carbons (Fsp3) is 0.310. The highest BCUT2D eigenvalue weighted by Crippen LogP contribution is 2.33. The van der Waals surface area contributed by atoms with Gasteiger partial charge in [0.2, 0.25) is 0 Å². The van der Waals surface area contributed by atoms with Crippen molar-refractivity contribution in [2.75, 3.05) is 20.2 Å². The molecular weight excluding hydrogens is 470 g/mol. The third kappa shape index (κ3) is 5.86.